The first-order valence-electron chi connectivity index (χ1n) is 8.00. The van der Waals surface area contributed by atoms with Crippen molar-refractivity contribution in [2.24, 2.45) is 5.92 Å². The molecule has 0 radical (unpaired) electrons. The molecule has 0 heterocycles. The summed E-state index contributed by atoms with van der Waals surface area (Å²) < 4.78 is 0. The summed E-state index contributed by atoms with van der Waals surface area (Å²) in [5, 5.41) is 0. The molecule has 0 bridgehead atoms. The van der Waals surface area contributed by atoms with Gasteiger partial charge in [-0.15, -0.1) is 0 Å². The highest BCUT2D eigenvalue weighted by atomic mass is 14.3. The van der Waals surface area contributed by atoms with Crippen molar-refractivity contribution in [1.82, 2.24) is 0 Å². The van der Waals surface area contributed by atoms with Crippen LogP contribution >= 0.6 is 0 Å². The average molecular weight is 264 g/mol. The van der Waals surface area contributed by atoms with Gasteiger partial charge in [-0.05, 0) is 47.8 Å². The molecule has 0 aromatic heterocycles. The Morgan fingerprint density at radius 1 is 0.900 bits per heavy atom. The second kappa shape index (κ2) is 6.26. The fraction of sp³-hybridized carbons (Fsp3) is 0.400. The Kier molecular flexibility index (Phi) is 4.20. The smallest absolute Gasteiger partial charge is 0.0127 e. The van der Waals surface area contributed by atoms with E-state index in [4.69, 9.17) is 0 Å². The molecule has 0 N–H and O–H groups in total. The minimum atomic E-state index is 0.726. The van der Waals surface area contributed by atoms with Crippen LogP contribution in [0.5, 0.6) is 0 Å². The van der Waals surface area contributed by atoms with Crippen molar-refractivity contribution in [2.45, 2.75) is 44.9 Å². The van der Waals surface area contributed by atoms with Gasteiger partial charge in [-0.25, -0.2) is 0 Å². The molecule has 0 heteroatoms. The van der Waals surface area contributed by atoms with Crippen molar-refractivity contribution >= 4 is 0 Å². The molecule has 2 aromatic carbocycles. The summed E-state index contributed by atoms with van der Waals surface area (Å²) in [6.45, 7) is 2.30. The molecule has 0 amide bonds. The molecule has 3 rings (SSSR count). The lowest BCUT2D eigenvalue weighted by Crippen LogP contribution is -2.13. The summed E-state index contributed by atoms with van der Waals surface area (Å²) >= 11 is 0. The molecule has 0 saturated carbocycles. The Balaban J connectivity index is 1.81. The van der Waals surface area contributed by atoms with E-state index in [1.54, 1.807) is 16.7 Å². The third-order valence-corrected chi connectivity index (χ3v) is 4.75. The van der Waals surface area contributed by atoms with Crippen LogP contribution in [0.4, 0.5) is 0 Å². The Bertz CT molecular complexity index is 516. The van der Waals surface area contributed by atoms with E-state index in [9.17, 15) is 0 Å². The van der Waals surface area contributed by atoms with Crippen LogP contribution in [0.1, 0.15) is 48.8 Å². The molecule has 1 aliphatic rings. The minimum absolute atomic E-state index is 0.726. The zero-order valence-corrected chi connectivity index (χ0v) is 12.4. The first kappa shape index (κ1) is 13.4. The van der Waals surface area contributed by atoms with Crippen LogP contribution in [0.3, 0.4) is 0 Å². The fourth-order valence-corrected chi connectivity index (χ4v) is 3.68. The molecular weight excluding hydrogens is 240 g/mol. The summed E-state index contributed by atoms with van der Waals surface area (Å²) in [6, 6.07) is 20.2. The van der Waals surface area contributed by atoms with Crippen molar-refractivity contribution in [3.8, 4) is 0 Å². The highest BCUT2D eigenvalue weighted by Crippen LogP contribution is 2.39. The van der Waals surface area contributed by atoms with E-state index >= 15 is 0 Å². The van der Waals surface area contributed by atoms with Gasteiger partial charge in [0.2, 0.25) is 0 Å². The lowest BCUT2D eigenvalue weighted by molar-refractivity contribution is 0.408. The van der Waals surface area contributed by atoms with Gasteiger partial charge >= 0.3 is 0 Å². The van der Waals surface area contributed by atoms with Crippen LogP contribution in [-0.2, 0) is 12.8 Å². The van der Waals surface area contributed by atoms with Crippen LogP contribution in [-0.4, -0.2) is 0 Å². The van der Waals surface area contributed by atoms with E-state index in [-0.39, 0.29) is 0 Å². The van der Waals surface area contributed by atoms with Crippen molar-refractivity contribution in [2.75, 3.05) is 0 Å². The van der Waals surface area contributed by atoms with Crippen LogP contribution in [0.25, 0.3) is 0 Å². The summed E-state index contributed by atoms with van der Waals surface area (Å²) in [5.74, 6) is 1.52. The highest BCUT2D eigenvalue weighted by molar-refractivity contribution is 5.34. The van der Waals surface area contributed by atoms with Crippen LogP contribution in [0, 0.1) is 5.92 Å². The number of unbranched alkanes of at least 4 members (excludes halogenated alkanes) is 1. The molecule has 1 aliphatic carbocycles. The molecular formula is C20H24. The van der Waals surface area contributed by atoms with E-state index in [1.165, 1.54) is 32.1 Å². The molecule has 0 saturated heterocycles. The maximum atomic E-state index is 2.32. The first-order chi connectivity index (χ1) is 9.88. The molecule has 0 aliphatic heterocycles. The molecule has 20 heavy (non-hydrogen) atoms. The van der Waals surface area contributed by atoms with Gasteiger partial charge in [0.15, 0.2) is 0 Å². The summed E-state index contributed by atoms with van der Waals surface area (Å²) in [6.07, 6.45) is 6.49. The van der Waals surface area contributed by atoms with Crippen LogP contribution < -0.4 is 0 Å². The molecule has 0 spiro atoms. The normalized spacial score (nSPS) is 16.1. The number of benzene rings is 2. The maximum Gasteiger partial charge on any atom is -0.0127 e. The standard InChI is InChI=1S/C20H24/c1-2-3-13-20(16-9-5-4-6-10-16)19-14-17-11-7-8-12-18(17)15-19/h4-12,19-20H,2-3,13-15H2,1H3. The minimum Gasteiger partial charge on any atom is -0.0654 e. The zero-order chi connectivity index (χ0) is 13.8. The van der Waals surface area contributed by atoms with E-state index in [1.807, 2.05) is 0 Å². The van der Waals surface area contributed by atoms with Crippen molar-refractivity contribution in [1.29, 1.82) is 0 Å². The molecule has 1 atom stereocenters. The SMILES string of the molecule is CCCCC(c1ccccc1)C1Cc2ccccc2C1. The lowest BCUT2D eigenvalue weighted by Gasteiger charge is -2.24. The summed E-state index contributed by atoms with van der Waals surface area (Å²) in [7, 11) is 0. The summed E-state index contributed by atoms with van der Waals surface area (Å²) in [4.78, 5) is 0. The van der Waals surface area contributed by atoms with E-state index in [0.717, 1.165) is 11.8 Å². The van der Waals surface area contributed by atoms with Gasteiger partial charge in [0, 0.05) is 0 Å². The van der Waals surface area contributed by atoms with Crippen molar-refractivity contribution in [3.63, 3.8) is 0 Å². The van der Waals surface area contributed by atoms with Crippen LogP contribution in [0.15, 0.2) is 54.6 Å². The third kappa shape index (κ3) is 2.80. The summed E-state index contributed by atoms with van der Waals surface area (Å²) in [5.41, 5.74) is 4.70. The van der Waals surface area contributed by atoms with Gasteiger partial charge in [0.25, 0.3) is 0 Å². The number of rotatable bonds is 5. The van der Waals surface area contributed by atoms with E-state index < -0.39 is 0 Å². The van der Waals surface area contributed by atoms with Crippen molar-refractivity contribution < 1.29 is 0 Å². The quantitative estimate of drug-likeness (QED) is 0.680. The maximum absolute atomic E-state index is 2.32. The molecule has 0 nitrogen and oxygen atoms in total. The monoisotopic (exact) mass is 264 g/mol. The number of hydrogen-bond acceptors (Lipinski definition) is 0. The third-order valence-electron chi connectivity index (χ3n) is 4.75. The fourth-order valence-electron chi connectivity index (χ4n) is 3.68. The predicted octanol–water partition coefficient (Wildman–Crippen LogP) is 5.38. The Labute approximate surface area is 122 Å². The van der Waals surface area contributed by atoms with Gasteiger partial charge in [0.1, 0.15) is 0 Å². The Hall–Kier alpha value is -1.56. The number of hydrogen-bond donors (Lipinski definition) is 0. The Morgan fingerprint density at radius 2 is 1.50 bits per heavy atom. The second-order valence-electron chi connectivity index (χ2n) is 6.10. The van der Waals surface area contributed by atoms with Gasteiger partial charge in [-0.1, -0.05) is 74.4 Å². The van der Waals surface area contributed by atoms with Gasteiger partial charge in [-0.2, -0.15) is 0 Å². The van der Waals surface area contributed by atoms with Crippen molar-refractivity contribution in [3.05, 3.63) is 71.3 Å². The van der Waals surface area contributed by atoms with Crippen LogP contribution in [0.2, 0.25) is 0 Å². The highest BCUT2D eigenvalue weighted by Gasteiger charge is 2.28. The molecule has 0 fully saturated rings. The molecule has 1 unspecified atom stereocenters. The molecule has 104 valence electrons. The van der Waals surface area contributed by atoms with E-state index in [2.05, 4.69) is 61.5 Å². The van der Waals surface area contributed by atoms with E-state index in [0.29, 0.717) is 0 Å². The Morgan fingerprint density at radius 3 is 2.10 bits per heavy atom. The number of fused-ring (bicyclic) bond motifs is 1. The topological polar surface area (TPSA) is 0 Å². The second-order valence-corrected chi connectivity index (χ2v) is 6.10. The zero-order valence-electron chi connectivity index (χ0n) is 12.4. The largest absolute Gasteiger partial charge is 0.0654 e. The van der Waals surface area contributed by atoms with Gasteiger partial charge in [-0.3, -0.25) is 0 Å². The first-order valence-corrected chi connectivity index (χ1v) is 8.00. The lowest BCUT2D eigenvalue weighted by atomic mass is 9.81. The van der Waals surface area contributed by atoms with Gasteiger partial charge < -0.3 is 0 Å². The molecule has 2 aromatic rings. The predicted molar refractivity (Wildman–Crippen MR) is 86.0 cm³/mol. The average Bonchev–Trinajstić information content (AvgIpc) is 2.92. The van der Waals surface area contributed by atoms with Gasteiger partial charge in [0.05, 0.1) is 0 Å².